The van der Waals surface area contributed by atoms with Crippen molar-refractivity contribution in [3.63, 3.8) is 0 Å². The van der Waals surface area contributed by atoms with Crippen LogP contribution in [-0.2, 0) is 6.54 Å². The highest BCUT2D eigenvalue weighted by Crippen LogP contribution is 2.22. The first-order valence-electron chi connectivity index (χ1n) is 7.45. The zero-order valence-corrected chi connectivity index (χ0v) is 14.2. The number of carbonyl (C=O) groups excluding carboxylic acids is 1. The first-order chi connectivity index (χ1) is 12.1. The van der Waals surface area contributed by atoms with Crippen LogP contribution in [0.4, 0.5) is 0 Å². The molecule has 0 aliphatic rings. The standard InChI is InChI=1S/C15H13N7O2S/c1-8-12(25-7-17-8)14(23)16-6-11-19-20-13-10(4-3-5-22(11)13)15-18-9(2)21-24-15/h3-5,7H,6H2,1-2H3,(H,16,23). The number of nitrogens with zero attached hydrogens (tertiary/aromatic N) is 6. The Hall–Kier alpha value is -3.14. The highest BCUT2D eigenvalue weighted by atomic mass is 32.1. The van der Waals surface area contributed by atoms with E-state index in [2.05, 4.69) is 30.6 Å². The third-order valence-corrected chi connectivity index (χ3v) is 4.55. The van der Waals surface area contributed by atoms with Gasteiger partial charge in [0, 0.05) is 6.20 Å². The molecule has 0 spiro atoms. The third-order valence-electron chi connectivity index (χ3n) is 3.62. The Balaban J connectivity index is 1.61. The Morgan fingerprint density at radius 3 is 2.96 bits per heavy atom. The van der Waals surface area contributed by atoms with Crippen LogP contribution in [0.5, 0.6) is 0 Å². The molecule has 1 amide bonds. The number of hydrogen-bond donors (Lipinski definition) is 1. The smallest absolute Gasteiger partial charge is 0.263 e. The van der Waals surface area contributed by atoms with Gasteiger partial charge in [0.15, 0.2) is 17.3 Å². The molecule has 25 heavy (non-hydrogen) atoms. The molecule has 0 aliphatic carbocycles. The molecule has 0 saturated carbocycles. The van der Waals surface area contributed by atoms with Gasteiger partial charge in [-0.05, 0) is 26.0 Å². The number of thiazole rings is 1. The summed E-state index contributed by atoms with van der Waals surface area (Å²) in [5.41, 5.74) is 3.63. The molecular formula is C15H13N7O2S. The Labute approximate surface area is 145 Å². The average molecular weight is 355 g/mol. The molecule has 0 fully saturated rings. The molecule has 0 unspecified atom stereocenters. The minimum atomic E-state index is -0.180. The SMILES string of the molecule is Cc1noc(-c2cccn3c(CNC(=O)c4scnc4C)nnc23)n1. The van der Waals surface area contributed by atoms with E-state index in [1.807, 2.05) is 18.3 Å². The lowest BCUT2D eigenvalue weighted by molar-refractivity contribution is 0.0953. The van der Waals surface area contributed by atoms with Crippen LogP contribution in [-0.4, -0.2) is 35.6 Å². The second-order valence-corrected chi connectivity index (χ2v) is 6.18. The Kier molecular flexibility index (Phi) is 3.73. The monoisotopic (exact) mass is 355 g/mol. The van der Waals surface area contributed by atoms with Crippen LogP contribution in [0.3, 0.4) is 0 Å². The van der Waals surface area contributed by atoms with Crippen LogP contribution in [0.25, 0.3) is 17.1 Å². The van der Waals surface area contributed by atoms with Gasteiger partial charge in [-0.25, -0.2) is 4.98 Å². The van der Waals surface area contributed by atoms with Crippen molar-refractivity contribution in [2.24, 2.45) is 0 Å². The van der Waals surface area contributed by atoms with Crippen LogP contribution in [0.15, 0.2) is 28.4 Å². The third kappa shape index (κ3) is 2.76. The summed E-state index contributed by atoms with van der Waals surface area (Å²) in [7, 11) is 0. The summed E-state index contributed by atoms with van der Waals surface area (Å²) in [6.45, 7) is 3.79. The zero-order valence-electron chi connectivity index (χ0n) is 13.4. The molecule has 0 radical (unpaired) electrons. The summed E-state index contributed by atoms with van der Waals surface area (Å²) in [5.74, 6) is 1.35. The number of pyridine rings is 1. The lowest BCUT2D eigenvalue weighted by Gasteiger charge is -2.04. The molecule has 126 valence electrons. The molecule has 0 bridgehead atoms. The second-order valence-electron chi connectivity index (χ2n) is 5.33. The summed E-state index contributed by atoms with van der Waals surface area (Å²) >= 11 is 1.31. The molecule has 10 heteroatoms. The molecule has 0 aliphatic heterocycles. The number of amides is 1. The maximum absolute atomic E-state index is 12.2. The quantitative estimate of drug-likeness (QED) is 0.594. The van der Waals surface area contributed by atoms with Gasteiger partial charge in [-0.1, -0.05) is 5.16 Å². The molecule has 0 aromatic carbocycles. The Morgan fingerprint density at radius 2 is 2.24 bits per heavy atom. The van der Waals surface area contributed by atoms with Crippen LogP contribution >= 0.6 is 11.3 Å². The van der Waals surface area contributed by atoms with E-state index in [0.717, 1.165) is 0 Å². The number of hydrogen-bond acceptors (Lipinski definition) is 8. The topological polar surface area (TPSA) is 111 Å². The highest BCUT2D eigenvalue weighted by Gasteiger charge is 2.16. The Morgan fingerprint density at radius 1 is 1.36 bits per heavy atom. The predicted molar refractivity (Wildman–Crippen MR) is 89.0 cm³/mol. The highest BCUT2D eigenvalue weighted by molar-refractivity contribution is 7.11. The summed E-state index contributed by atoms with van der Waals surface area (Å²) in [4.78, 5) is 21.1. The molecule has 4 aromatic heterocycles. The maximum atomic E-state index is 12.2. The van der Waals surface area contributed by atoms with Crippen LogP contribution in [0.2, 0.25) is 0 Å². The average Bonchev–Trinajstić information content (AvgIpc) is 3.32. The normalized spacial score (nSPS) is 11.1. The van der Waals surface area contributed by atoms with Crippen LogP contribution in [0, 0.1) is 13.8 Å². The number of rotatable bonds is 4. The van der Waals surface area contributed by atoms with Gasteiger partial charge in [0.2, 0.25) is 0 Å². The van der Waals surface area contributed by atoms with Gasteiger partial charge < -0.3 is 9.84 Å². The van der Waals surface area contributed by atoms with Gasteiger partial charge in [0.25, 0.3) is 11.8 Å². The largest absolute Gasteiger partial charge is 0.344 e. The van der Waals surface area contributed by atoms with E-state index in [4.69, 9.17) is 4.52 Å². The fourth-order valence-corrected chi connectivity index (χ4v) is 3.14. The fraction of sp³-hybridized carbons (Fsp3) is 0.200. The molecule has 4 heterocycles. The van der Waals surface area contributed by atoms with E-state index in [1.165, 1.54) is 11.3 Å². The molecule has 4 rings (SSSR count). The van der Waals surface area contributed by atoms with Gasteiger partial charge >= 0.3 is 0 Å². The van der Waals surface area contributed by atoms with E-state index in [1.54, 1.807) is 23.8 Å². The van der Waals surface area contributed by atoms with E-state index in [9.17, 15) is 4.79 Å². The Bertz CT molecular complexity index is 1060. The molecule has 0 saturated heterocycles. The summed E-state index contributed by atoms with van der Waals surface area (Å²) in [6.07, 6.45) is 1.82. The van der Waals surface area contributed by atoms with Crippen molar-refractivity contribution in [2.75, 3.05) is 0 Å². The lowest BCUT2D eigenvalue weighted by Crippen LogP contribution is -2.23. The number of carbonyl (C=O) groups is 1. The molecule has 1 N–H and O–H groups in total. The van der Waals surface area contributed by atoms with E-state index >= 15 is 0 Å². The minimum absolute atomic E-state index is 0.180. The van der Waals surface area contributed by atoms with E-state index in [0.29, 0.717) is 39.3 Å². The molecule has 4 aromatic rings. The van der Waals surface area contributed by atoms with Crippen molar-refractivity contribution in [2.45, 2.75) is 20.4 Å². The first-order valence-corrected chi connectivity index (χ1v) is 8.33. The van der Waals surface area contributed by atoms with Crippen molar-refractivity contribution >= 4 is 22.9 Å². The predicted octanol–water partition coefficient (Wildman–Crippen LogP) is 1.78. The van der Waals surface area contributed by atoms with Crippen molar-refractivity contribution in [1.82, 2.24) is 35.0 Å². The minimum Gasteiger partial charge on any atom is -0.344 e. The fourth-order valence-electron chi connectivity index (χ4n) is 2.42. The molecule has 9 nitrogen and oxygen atoms in total. The van der Waals surface area contributed by atoms with Gasteiger partial charge in [0.1, 0.15) is 4.88 Å². The number of aryl methyl sites for hydroxylation is 2. The van der Waals surface area contributed by atoms with E-state index < -0.39 is 0 Å². The first kappa shape index (κ1) is 15.4. The number of aromatic nitrogens is 6. The van der Waals surface area contributed by atoms with Crippen LogP contribution < -0.4 is 5.32 Å². The van der Waals surface area contributed by atoms with Crippen molar-refractivity contribution in [1.29, 1.82) is 0 Å². The van der Waals surface area contributed by atoms with E-state index in [-0.39, 0.29) is 12.5 Å². The van der Waals surface area contributed by atoms with Crippen LogP contribution in [0.1, 0.15) is 27.0 Å². The summed E-state index contributed by atoms with van der Waals surface area (Å²) in [5, 5.41) is 15.0. The van der Waals surface area contributed by atoms with Crippen molar-refractivity contribution < 1.29 is 9.32 Å². The summed E-state index contributed by atoms with van der Waals surface area (Å²) in [6, 6.07) is 3.67. The van der Waals surface area contributed by atoms with Crippen molar-refractivity contribution in [3.05, 3.63) is 46.1 Å². The maximum Gasteiger partial charge on any atom is 0.263 e. The van der Waals surface area contributed by atoms with Gasteiger partial charge in [0.05, 0.1) is 23.3 Å². The number of nitrogens with one attached hydrogen (secondary N) is 1. The van der Waals surface area contributed by atoms with Crippen molar-refractivity contribution in [3.8, 4) is 11.5 Å². The molecular weight excluding hydrogens is 342 g/mol. The lowest BCUT2D eigenvalue weighted by atomic mass is 10.2. The molecule has 0 atom stereocenters. The van der Waals surface area contributed by atoms with Gasteiger partial charge in [-0.15, -0.1) is 21.5 Å². The second kappa shape index (κ2) is 6.06. The summed E-state index contributed by atoms with van der Waals surface area (Å²) < 4.78 is 7.00. The van der Waals surface area contributed by atoms with Gasteiger partial charge in [-0.2, -0.15) is 4.98 Å². The number of fused-ring (bicyclic) bond motifs is 1. The zero-order chi connectivity index (χ0) is 17.4. The van der Waals surface area contributed by atoms with Gasteiger partial charge in [-0.3, -0.25) is 9.20 Å².